The number of carbonyl (C=O) groups is 1. The Kier molecular flexibility index (Phi) is 4.26. The number of amides is 1. The Hall–Kier alpha value is -2.63. The van der Waals surface area contributed by atoms with E-state index in [1.807, 2.05) is 30.3 Å². The summed E-state index contributed by atoms with van der Waals surface area (Å²) in [5.74, 6) is -0.213. The molecule has 132 valence electrons. The maximum atomic E-state index is 13.2. The van der Waals surface area contributed by atoms with Crippen LogP contribution in [0.2, 0.25) is 5.02 Å². The Morgan fingerprint density at radius 1 is 1.15 bits per heavy atom. The number of ether oxygens (including phenoxy) is 1. The van der Waals surface area contributed by atoms with Crippen molar-refractivity contribution < 1.29 is 13.9 Å². The summed E-state index contributed by atoms with van der Waals surface area (Å²) in [5.41, 5.74) is 1.33. The van der Waals surface area contributed by atoms with Gasteiger partial charge in [-0.15, -0.1) is 0 Å². The van der Waals surface area contributed by atoms with Gasteiger partial charge in [0, 0.05) is 18.7 Å². The second kappa shape index (κ2) is 6.59. The second-order valence-corrected chi connectivity index (χ2v) is 6.56. The summed E-state index contributed by atoms with van der Waals surface area (Å²) in [5, 5.41) is 0.820. The molecule has 0 saturated carbocycles. The molecule has 26 heavy (non-hydrogen) atoms. The minimum absolute atomic E-state index is 0.0924. The maximum Gasteiger partial charge on any atom is 0.290 e. The normalized spacial score (nSPS) is 16.3. The molecular weight excluding hydrogens is 354 g/mol. The summed E-state index contributed by atoms with van der Waals surface area (Å²) >= 11 is 6.05. The van der Waals surface area contributed by atoms with E-state index < -0.39 is 6.04 Å². The first-order valence-corrected chi connectivity index (χ1v) is 8.60. The van der Waals surface area contributed by atoms with Crippen LogP contribution in [0.4, 0.5) is 0 Å². The van der Waals surface area contributed by atoms with Gasteiger partial charge in [0.2, 0.25) is 5.76 Å². The van der Waals surface area contributed by atoms with E-state index in [1.54, 1.807) is 30.2 Å². The lowest BCUT2D eigenvalue weighted by Gasteiger charge is -2.24. The zero-order chi connectivity index (χ0) is 18.3. The average Bonchev–Trinajstić information content (AvgIpc) is 2.94. The Bertz CT molecular complexity index is 1040. The van der Waals surface area contributed by atoms with Crippen LogP contribution in [-0.2, 0) is 4.74 Å². The van der Waals surface area contributed by atoms with Crippen molar-refractivity contribution in [2.24, 2.45) is 0 Å². The van der Waals surface area contributed by atoms with Crippen LogP contribution in [0.1, 0.15) is 27.7 Å². The molecule has 4 rings (SSSR count). The summed E-state index contributed by atoms with van der Waals surface area (Å²) in [6.45, 7) is 0.720. The number of methoxy groups -OCH3 is 1. The van der Waals surface area contributed by atoms with E-state index in [4.69, 9.17) is 20.8 Å². The van der Waals surface area contributed by atoms with E-state index in [0.29, 0.717) is 34.7 Å². The highest BCUT2D eigenvalue weighted by Crippen LogP contribution is 2.38. The number of fused-ring (bicyclic) bond motifs is 2. The molecule has 1 aromatic heterocycles. The molecule has 5 nitrogen and oxygen atoms in total. The van der Waals surface area contributed by atoms with Gasteiger partial charge in [-0.05, 0) is 23.8 Å². The summed E-state index contributed by atoms with van der Waals surface area (Å²) in [6.07, 6.45) is 0. The third kappa shape index (κ3) is 2.60. The van der Waals surface area contributed by atoms with Gasteiger partial charge in [0.05, 0.1) is 23.6 Å². The van der Waals surface area contributed by atoms with Crippen molar-refractivity contribution in [1.29, 1.82) is 0 Å². The minimum atomic E-state index is -0.506. The van der Waals surface area contributed by atoms with Crippen molar-refractivity contribution in [1.82, 2.24) is 4.90 Å². The maximum absolute atomic E-state index is 13.2. The molecule has 1 aliphatic rings. The smallest absolute Gasteiger partial charge is 0.290 e. The van der Waals surface area contributed by atoms with Crippen LogP contribution in [0.15, 0.2) is 57.7 Å². The molecule has 0 bridgehead atoms. The molecule has 0 fully saturated rings. The van der Waals surface area contributed by atoms with E-state index in [-0.39, 0.29) is 17.1 Å². The number of benzene rings is 2. The monoisotopic (exact) mass is 369 g/mol. The predicted molar refractivity (Wildman–Crippen MR) is 98.7 cm³/mol. The van der Waals surface area contributed by atoms with E-state index in [9.17, 15) is 9.59 Å². The average molecular weight is 370 g/mol. The van der Waals surface area contributed by atoms with E-state index >= 15 is 0 Å². The van der Waals surface area contributed by atoms with Gasteiger partial charge in [0.1, 0.15) is 5.58 Å². The van der Waals surface area contributed by atoms with Crippen LogP contribution in [0.25, 0.3) is 11.0 Å². The van der Waals surface area contributed by atoms with Gasteiger partial charge in [0.15, 0.2) is 5.43 Å². The van der Waals surface area contributed by atoms with Crippen LogP contribution in [0.3, 0.4) is 0 Å². The molecule has 1 amide bonds. The van der Waals surface area contributed by atoms with Crippen LogP contribution < -0.4 is 5.43 Å². The molecule has 6 heteroatoms. The lowest BCUT2D eigenvalue weighted by Crippen LogP contribution is -2.32. The van der Waals surface area contributed by atoms with Crippen LogP contribution in [0.5, 0.6) is 0 Å². The minimum Gasteiger partial charge on any atom is -0.450 e. The lowest BCUT2D eigenvalue weighted by atomic mass is 9.98. The topological polar surface area (TPSA) is 59.8 Å². The van der Waals surface area contributed by atoms with Gasteiger partial charge in [0.25, 0.3) is 5.91 Å². The molecule has 2 heterocycles. The van der Waals surface area contributed by atoms with Gasteiger partial charge in [-0.1, -0.05) is 41.9 Å². The second-order valence-electron chi connectivity index (χ2n) is 6.12. The highest BCUT2D eigenvalue weighted by Gasteiger charge is 2.42. The molecule has 0 spiro atoms. The van der Waals surface area contributed by atoms with Gasteiger partial charge >= 0.3 is 0 Å². The number of hydrogen-bond acceptors (Lipinski definition) is 4. The molecule has 1 aliphatic heterocycles. The summed E-state index contributed by atoms with van der Waals surface area (Å²) in [7, 11) is 1.57. The third-order valence-electron chi connectivity index (χ3n) is 4.58. The van der Waals surface area contributed by atoms with E-state index in [0.717, 1.165) is 5.56 Å². The zero-order valence-electron chi connectivity index (χ0n) is 14.1. The Labute approximate surface area is 154 Å². The number of halogens is 1. The summed E-state index contributed by atoms with van der Waals surface area (Å²) in [4.78, 5) is 27.8. The number of hydrogen-bond donors (Lipinski definition) is 0. The molecule has 0 radical (unpaired) electrons. The Morgan fingerprint density at radius 3 is 2.65 bits per heavy atom. The molecule has 1 atom stereocenters. The van der Waals surface area contributed by atoms with Crippen molar-refractivity contribution >= 4 is 28.5 Å². The largest absolute Gasteiger partial charge is 0.450 e. The fraction of sp³-hybridized carbons (Fsp3) is 0.200. The third-order valence-corrected chi connectivity index (χ3v) is 4.81. The van der Waals surface area contributed by atoms with Crippen molar-refractivity contribution in [2.75, 3.05) is 20.3 Å². The van der Waals surface area contributed by atoms with Crippen molar-refractivity contribution in [3.8, 4) is 0 Å². The molecule has 2 aromatic carbocycles. The highest BCUT2D eigenvalue weighted by molar-refractivity contribution is 6.31. The van der Waals surface area contributed by atoms with Gasteiger partial charge < -0.3 is 14.1 Å². The lowest BCUT2D eigenvalue weighted by molar-refractivity contribution is 0.0663. The van der Waals surface area contributed by atoms with Gasteiger partial charge in [-0.2, -0.15) is 0 Å². The standard InChI is InChI=1S/C20H16ClNO4/c1-25-10-9-22-17(12-5-3-2-4-6-12)16-18(23)14-11-13(21)7-8-15(14)26-19(16)20(22)24/h2-8,11,17H,9-10H2,1H3. The van der Waals surface area contributed by atoms with Crippen molar-refractivity contribution in [3.05, 3.63) is 80.7 Å². The molecule has 0 saturated heterocycles. The number of nitrogens with zero attached hydrogens (tertiary/aromatic N) is 1. The van der Waals surface area contributed by atoms with Gasteiger partial charge in [-0.25, -0.2) is 0 Å². The SMILES string of the molecule is COCCN1C(=O)c2oc3ccc(Cl)cc3c(=O)c2C1c1ccccc1. The molecule has 3 aromatic rings. The molecule has 0 aliphatic carbocycles. The van der Waals surface area contributed by atoms with Gasteiger partial charge in [-0.3, -0.25) is 9.59 Å². The first-order valence-electron chi connectivity index (χ1n) is 8.23. The zero-order valence-corrected chi connectivity index (χ0v) is 14.8. The Morgan fingerprint density at radius 2 is 1.92 bits per heavy atom. The Balaban J connectivity index is 1.98. The fourth-order valence-corrected chi connectivity index (χ4v) is 3.57. The quantitative estimate of drug-likeness (QED) is 0.704. The molecule has 0 N–H and O–H groups in total. The fourth-order valence-electron chi connectivity index (χ4n) is 3.39. The summed E-state index contributed by atoms with van der Waals surface area (Å²) in [6, 6.07) is 13.8. The van der Waals surface area contributed by atoms with Crippen molar-refractivity contribution in [2.45, 2.75) is 6.04 Å². The highest BCUT2D eigenvalue weighted by atomic mass is 35.5. The van der Waals surface area contributed by atoms with E-state index in [2.05, 4.69) is 0 Å². The first-order chi connectivity index (χ1) is 12.6. The number of rotatable bonds is 4. The van der Waals surface area contributed by atoms with Crippen molar-refractivity contribution in [3.63, 3.8) is 0 Å². The molecule has 1 unspecified atom stereocenters. The first kappa shape index (κ1) is 16.8. The predicted octanol–water partition coefficient (Wildman–Crippen LogP) is 3.64. The van der Waals surface area contributed by atoms with Crippen LogP contribution >= 0.6 is 11.6 Å². The van der Waals surface area contributed by atoms with Crippen LogP contribution in [0, 0.1) is 0 Å². The van der Waals surface area contributed by atoms with E-state index in [1.165, 1.54) is 0 Å². The number of carbonyl (C=O) groups excluding carboxylic acids is 1. The molecular formula is C20H16ClNO4. The van der Waals surface area contributed by atoms with Crippen LogP contribution in [-0.4, -0.2) is 31.1 Å². The summed E-state index contributed by atoms with van der Waals surface area (Å²) < 4.78 is 11.0.